The molecule has 0 saturated heterocycles. The van der Waals surface area contributed by atoms with E-state index in [0.717, 1.165) is 23.5 Å². The number of amides is 2. The number of carboxylic acids is 1. The fourth-order valence-electron chi connectivity index (χ4n) is 2.26. The van der Waals surface area contributed by atoms with Crippen LogP contribution in [0.5, 0.6) is 0 Å². The van der Waals surface area contributed by atoms with Gasteiger partial charge in [0.05, 0.1) is 11.3 Å². The van der Waals surface area contributed by atoms with E-state index in [-0.39, 0.29) is 11.6 Å². The van der Waals surface area contributed by atoms with Crippen LogP contribution in [0.4, 0.5) is 10.5 Å². The zero-order chi connectivity index (χ0) is 14.7. The first-order valence-corrected chi connectivity index (χ1v) is 6.86. The summed E-state index contributed by atoms with van der Waals surface area (Å²) < 4.78 is 0. The van der Waals surface area contributed by atoms with Crippen molar-refractivity contribution in [1.82, 2.24) is 5.32 Å². The number of urea groups is 1. The molecule has 0 heterocycles. The van der Waals surface area contributed by atoms with Crippen molar-refractivity contribution in [2.75, 3.05) is 11.9 Å². The summed E-state index contributed by atoms with van der Waals surface area (Å²) >= 11 is 0. The summed E-state index contributed by atoms with van der Waals surface area (Å²) in [4.78, 5) is 23.1. The van der Waals surface area contributed by atoms with Gasteiger partial charge in [-0.15, -0.1) is 0 Å². The molecule has 0 aromatic heterocycles. The van der Waals surface area contributed by atoms with E-state index in [1.165, 1.54) is 12.8 Å². The molecule has 1 aliphatic carbocycles. The number of anilines is 1. The Labute approximate surface area is 118 Å². The first kappa shape index (κ1) is 14.4. The summed E-state index contributed by atoms with van der Waals surface area (Å²) in [5, 5.41) is 14.6. The second kappa shape index (κ2) is 5.94. The number of aryl methyl sites for hydroxylation is 2. The molecule has 0 radical (unpaired) electrons. The van der Waals surface area contributed by atoms with E-state index in [1.807, 2.05) is 13.0 Å². The normalized spacial score (nSPS) is 13.9. The van der Waals surface area contributed by atoms with Gasteiger partial charge in [0.15, 0.2) is 0 Å². The van der Waals surface area contributed by atoms with Gasteiger partial charge >= 0.3 is 12.0 Å². The highest BCUT2D eigenvalue weighted by Gasteiger charge is 2.21. The Morgan fingerprint density at radius 3 is 2.60 bits per heavy atom. The van der Waals surface area contributed by atoms with Crippen LogP contribution in [0.15, 0.2) is 12.1 Å². The molecule has 0 unspecified atom stereocenters. The van der Waals surface area contributed by atoms with Crippen molar-refractivity contribution in [3.05, 3.63) is 28.8 Å². The van der Waals surface area contributed by atoms with Crippen LogP contribution in [0.2, 0.25) is 0 Å². The lowest BCUT2D eigenvalue weighted by atomic mass is 10.0. The molecule has 0 spiro atoms. The second-order valence-electron chi connectivity index (χ2n) is 5.42. The molecule has 20 heavy (non-hydrogen) atoms. The van der Waals surface area contributed by atoms with Crippen LogP contribution in [-0.2, 0) is 0 Å². The number of carbonyl (C=O) groups excluding carboxylic acids is 1. The van der Waals surface area contributed by atoms with Crippen molar-refractivity contribution in [3.63, 3.8) is 0 Å². The Kier molecular flexibility index (Phi) is 4.27. The average Bonchev–Trinajstić information content (AvgIpc) is 3.16. The van der Waals surface area contributed by atoms with E-state index in [0.29, 0.717) is 12.2 Å². The fourth-order valence-corrected chi connectivity index (χ4v) is 2.26. The quantitative estimate of drug-likeness (QED) is 0.773. The number of hydrogen-bond donors (Lipinski definition) is 3. The number of rotatable bonds is 5. The Hall–Kier alpha value is -2.04. The van der Waals surface area contributed by atoms with E-state index in [9.17, 15) is 14.7 Å². The largest absolute Gasteiger partial charge is 0.478 e. The Bertz CT molecular complexity index is 536. The van der Waals surface area contributed by atoms with Gasteiger partial charge in [-0.25, -0.2) is 9.59 Å². The Balaban J connectivity index is 2.03. The van der Waals surface area contributed by atoms with Gasteiger partial charge in [-0.1, -0.05) is 18.9 Å². The molecule has 1 aliphatic rings. The van der Waals surface area contributed by atoms with E-state index >= 15 is 0 Å². The molecule has 0 bridgehead atoms. The molecule has 108 valence electrons. The number of hydrogen-bond acceptors (Lipinski definition) is 2. The lowest BCUT2D eigenvalue weighted by molar-refractivity contribution is 0.0698. The van der Waals surface area contributed by atoms with Crippen LogP contribution in [0.25, 0.3) is 0 Å². The number of carboxylic acid groups (broad SMARTS) is 1. The average molecular weight is 276 g/mol. The summed E-state index contributed by atoms with van der Waals surface area (Å²) in [6, 6.07) is 3.07. The maximum absolute atomic E-state index is 11.8. The van der Waals surface area contributed by atoms with Crippen molar-refractivity contribution >= 4 is 17.7 Å². The standard InChI is InChI=1S/C15H20N2O3/c1-9-7-10(2)13(12(8-9)14(18)19)17-15(20)16-6-5-11-3-4-11/h7-8,11H,3-6H2,1-2H3,(H,18,19)(H2,16,17,20). The molecule has 3 N–H and O–H groups in total. The third kappa shape index (κ3) is 3.73. The number of benzene rings is 1. The molecule has 1 saturated carbocycles. The monoisotopic (exact) mass is 276 g/mol. The van der Waals surface area contributed by atoms with Gasteiger partial charge in [-0.05, 0) is 43.4 Å². The molecular formula is C15H20N2O3. The third-order valence-electron chi connectivity index (χ3n) is 3.48. The zero-order valence-electron chi connectivity index (χ0n) is 11.8. The molecule has 2 amide bonds. The maximum atomic E-state index is 11.8. The number of aromatic carboxylic acids is 1. The van der Waals surface area contributed by atoms with Crippen molar-refractivity contribution in [2.45, 2.75) is 33.1 Å². The van der Waals surface area contributed by atoms with Gasteiger partial charge in [0.1, 0.15) is 0 Å². The molecule has 1 aromatic carbocycles. The Morgan fingerprint density at radius 2 is 2.00 bits per heavy atom. The molecule has 5 heteroatoms. The predicted molar refractivity (Wildman–Crippen MR) is 77.2 cm³/mol. The lowest BCUT2D eigenvalue weighted by Gasteiger charge is -2.13. The topological polar surface area (TPSA) is 78.4 Å². The van der Waals surface area contributed by atoms with Crippen molar-refractivity contribution in [3.8, 4) is 0 Å². The van der Waals surface area contributed by atoms with Gasteiger partial charge in [-0.3, -0.25) is 0 Å². The van der Waals surface area contributed by atoms with Crippen LogP contribution in [-0.4, -0.2) is 23.7 Å². The molecule has 0 aliphatic heterocycles. The molecule has 1 aromatic rings. The summed E-state index contributed by atoms with van der Waals surface area (Å²) in [7, 11) is 0. The van der Waals surface area contributed by atoms with Gasteiger partial charge in [0, 0.05) is 6.54 Å². The third-order valence-corrected chi connectivity index (χ3v) is 3.48. The van der Waals surface area contributed by atoms with Crippen molar-refractivity contribution in [2.24, 2.45) is 5.92 Å². The van der Waals surface area contributed by atoms with E-state index < -0.39 is 5.97 Å². The first-order chi connectivity index (χ1) is 9.47. The maximum Gasteiger partial charge on any atom is 0.337 e. The van der Waals surface area contributed by atoms with E-state index in [4.69, 9.17) is 0 Å². The van der Waals surface area contributed by atoms with Gasteiger partial charge < -0.3 is 15.7 Å². The fraction of sp³-hybridized carbons (Fsp3) is 0.467. The molecule has 1 fully saturated rings. The van der Waals surface area contributed by atoms with E-state index in [1.54, 1.807) is 13.0 Å². The van der Waals surface area contributed by atoms with Crippen LogP contribution in [0.3, 0.4) is 0 Å². The first-order valence-electron chi connectivity index (χ1n) is 6.86. The number of carbonyl (C=O) groups is 2. The lowest BCUT2D eigenvalue weighted by Crippen LogP contribution is -2.30. The van der Waals surface area contributed by atoms with Crippen LogP contribution >= 0.6 is 0 Å². The summed E-state index contributed by atoms with van der Waals surface area (Å²) in [5.74, 6) is -0.281. The summed E-state index contributed by atoms with van der Waals surface area (Å²) in [6.45, 7) is 4.25. The van der Waals surface area contributed by atoms with E-state index in [2.05, 4.69) is 10.6 Å². The van der Waals surface area contributed by atoms with Crippen LogP contribution in [0.1, 0.15) is 40.7 Å². The number of nitrogens with one attached hydrogen (secondary N) is 2. The van der Waals surface area contributed by atoms with Gasteiger partial charge in [-0.2, -0.15) is 0 Å². The van der Waals surface area contributed by atoms with Crippen LogP contribution in [0, 0.1) is 19.8 Å². The SMILES string of the molecule is Cc1cc(C)c(NC(=O)NCCC2CC2)c(C(=O)O)c1. The van der Waals surface area contributed by atoms with Crippen molar-refractivity contribution < 1.29 is 14.7 Å². The highest BCUT2D eigenvalue weighted by molar-refractivity contribution is 6.01. The minimum atomic E-state index is -1.04. The molecule has 0 atom stereocenters. The van der Waals surface area contributed by atoms with Crippen LogP contribution < -0.4 is 10.6 Å². The predicted octanol–water partition coefficient (Wildman–Crippen LogP) is 2.92. The van der Waals surface area contributed by atoms with Gasteiger partial charge in [0.25, 0.3) is 0 Å². The second-order valence-corrected chi connectivity index (χ2v) is 5.42. The highest BCUT2D eigenvalue weighted by atomic mass is 16.4. The summed E-state index contributed by atoms with van der Waals surface area (Å²) in [6.07, 6.45) is 3.50. The van der Waals surface area contributed by atoms with Gasteiger partial charge in [0.2, 0.25) is 0 Å². The smallest absolute Gasteiger partial charge is 0.337 e. The molecular weight excluding hydrogens is 256 g/mol. The van der Waals surface area contributed by atoms with Crippen molar-refractivity contribution in [1.29, 1.82) is 0 Å². The molecule has 5 nitrogen and oxygen atoms in total. The highest BCUT2D eigenvalue weighted by Crippen LogP contribution is 2.31. The minimum absolute atomic E-state index is 0.125. The minimum Gasteiger partial charge on any atom is -0.478 e. The Morgan fingerprint density at radius 1 is 1.30 bits per heavy atom. The zero-order valence-corrected chi connectivity index (χ0v) is 11.8. The summed E-state index contributed by atoms with van der Waals surface area (Å²) in [5.41, 5.74) is 2.10. The molecule has 2 rings (SSSR count).